The van der Waals surface area contributed by atoms with Crippen LogP contribution in [0.1, 0.15) is 249 Å². The summed E-state index contributed by atoms with van der Waals surface area (Å²) in [7, 11) is 0. The van der Waals surface area contributed by atoms with Gasteiger partial charge in [-0.2, -0.15) is 0 Å². The predicted octanol–water partition coefficient (Wildman–Crippen LogP) is 21.7. The summed E-state index contributed by atoms with van der Waals surface area (Å²) in [6, 6.07) is 36.2. The third-order valence-corrected chi connectivity index (χ3v) is 18.0. The minimum atomic E-state index is -0.399. The number of carbonyl (C=O) groups excluding carboxylic acids is 2. The van der Waals surface area contributed by atoms with Crippen molar-refractivity contribution in [1.29, 1.82) is 0 Å². The molecule has 9 nitrogen and oxygen atoms in total. The van der Waals surface area contributed by atoms with Gasteiger partial charge >= 0.3 is 11.9 Å². The minimum absolute atomic E-state index is 0.399. The third kappa shape index (κ3) is 19.9. The molecule has 0 aliphatic heterocycles. The smallest absolute Gasteiger partial charge is 0.343 e. The highest BCUT2D eigenvalue weighted by molar-refractivity contribution is 5.92. The van der Waals surface area contributed by atoms with Gasteiger partial charge in [0.05, 0.1) is 47.1 Å². The summed E-state index contributed by atoms with van der Waals surface area (Å²) in [4.78, 5) is 41.9. The second-order valence-corrected chi connectivity index (χ2v) is 24.8. The van der Waals surface area contributed by atoms with E-state index in [-0.39, 0.29) is 0 Å². The Kier molecular flexibility index (Phi) is 27.0. The van der Waals surface area contributed by atoms with Crippen LogP contribution in [-0.2, 0) is 25.7 Å². The molecular formula is C79H99N3O6. The molecule has 7 aromatic rings. The Morgan fingerprint density at radius 2 is 0.659 bits per heavy atom. The van der Waals surface area contributed by atoms with Crippen LogP contribution in [0.25, 0.3) is 45.0 Å². The van der Waals surface area contributed by atoms with E-state index in [1.165, 1.54) is 189 Å². The maximum Gasteiger partial charge on any atom is 0.343 e. The molecule has 0 unspecified atom stereocenters. The molecule has 0 amide bonds. The van der Waals surface area contributed by atoms with Crippen molar-refractivity contribution in [3.8, 4) is 68.0 Å². The van der Waals surface area contributed by atoms with Crippen LogP contribution in [0.5, 0.6) is 23.0 Å². The molecule has 0 N–H and O–H groups in total. The molecule has 0 atom stereocenters. The van der Waals surface area contributed by atoms with Crippen LogP contribution >= 0.6 is 0 Å². The molecule has 0 radical (unpaired) electrons. The quantitative estimate of drug-likeness (QED) is 0.0211. The van der Waals surface area contributed by atoms with Crippen LogP contribution in [-0.4, -0.2) is 40.1 Å². The van der Waals surface area contributed by atoms with Crippen LogP contribution in [0.15, 0.2) is 128 Å². The lowest BCUT2D eigenvalue weighted by Crippen LogP contribution is -2.08. The van der Waals surface area contributed by atoms with Gasteiger partial charge in [0.25, 0.3) is 0 Å². The number of hydrogen-bond donors (Lipinski definition) is 0. The number of rotatable bonds is 40. The summed E-state index contributed by atoms with van der Waals surface area (Å²) in [5.74, 6) is 1.73. The van der Waals surface area contributed by atoms with Crippen LogP contribution in [0.4, 0.5) is 0 Å². The van der Waals surface area contributed by atoms with Crippen molar-refractivity contribution in [2.75, 3.05) is 13.2 Å². The van der Waals surface area contributed by atoms with Gasteiger partial charge in [-0.25, -0.2) is 14.6 Å². The maximum atomic E-state index is 13.2. The Labute approximate surface area is 527 Å². The van der Waals surface area contributed by atoms with Crippen LogP contribution in [0.2, 0.25) is 0 Å². The molecule has 466 valence electrons. The number of fused-ring (bicyclic) bond motifs is 2. The molecule has 0 saturated heterocycles. The average Bonchev–Trinajstić information content (AvgIpc) is 1.86. The van der Waals surface area contributed by atoms with E-state index in [1.807, 2.05) is 85.2 Å². The number of unbranched alkanes of at least 4 members (excludes halogenated alkanes) is 26. The Morgan fingerprint density at radius 3 is 1.00 bits per heavy atom. The highest BCUT2D eigenvalue weighted by Crippen LogP contribution is 2.40. The van der Waals surface area contributed by atoms with E-state index in [0.29, 0.717) is 35.8 Å². The van der Waals surface area contributed by atoms with Crippen molar-refractivity contribution in [1.82, 2.24) is 15.0 Å². The summed E-state index contributed by atoms with van der Waals surface area (Å²) in [6.45, 7) is 5.93. The maximum absolute atomic E-state index is 13.2. The topological polar surface area (TPSA) is 110 Å². The van der Waals surface area contributed by atoms with Gasteiger partial charge in [0.1, 0.15) is 23.0 Å². The zero-order valence-corrected chi connectivity index (χ0v) is 53.4. The predicted molar refractivity (Wildman–Crippen MR) is 360 cm³/mol. The van der Waals surface area contributed by atoms with Gasteiger partial charge in [-0.15, -0.1) is 0 Å². The first-order chi connectivity index (χ1) is 43.4. The Morgan fingerprint density at radius 1 is 0.352 bits per heavy atom. The lowest BCUT2D eigenvalue weighted by atomic mass is 9.96. The molecule has 2 aliphatic rings. The first-order valence-electron chi connectivity index (χ1n) is 34.6. The molecule has 0 bridgehead atoms. The number of esters is 2. The lowest BCUT2D eigenvalue weighted by Gasteiger charge is -2.15. The Balaban J connectivity index is 0.710. The summed E-state index contributed by atoms with van der Waals surface area (Å²) in [6.07, 6.45) is 47.1. The van der Waals surface area contributed by atoms with Gasteiger partial charge in [-0.1, -0.05) is 211 Å². The summed E-state index contributed by atoms with van der Waals surface area (Å²) in [5, 5.41) is 0. The fourth-order valence-electron chi connectivity index (χ4n) is 12.9. The van der Waals surface area contributed by atoms with E-state index < -0.39 is 11.9 Å². The van der Waals surface area contributed by atoms with Crippen molar-refractivity contribution in [2.24, 2.45) is 0 Å². The molecule has 88 heavy (non-hydrogen) atoms. The number of benzene rings is 4. The van der Waals surface area contributed by atoms with Gasteiger partial charge in [0.15, 0.2) is 0 Å². The van der Waals surface area contributed by atoms with E-state index in [9.17, 15) is 9.59 Å². The molecular weight excluding hydrogens is 1090 g/mol. The largest absolute Gasteiger partial charge is 0.494 e. The number of ether oxygens (including phenoxy) is 4. The van der Waals surface area contributed by atoms with Crippen molar-refractivity contribution in [3.05, 3.63) is 161 Å². The SMILES string of the molecule is CCCCCCCCCCCCCCCCOc1ccc(C(=O)Oc2ccc(-c3cnc(-c4cccc(-c5ncc(-c6ccc(OC(=O)c7ccc(OCCCCCCCCCCCCCCCC)cc7)cc6)c6c5CCC6)n4)c4c3CCC4)cc2)cc1. The molecule has 3 heterocycles. The number of nitrogens with zero attached hydrogens (tertiary/aromatic N) is 3. The standard InChI is InChI=1S/C79H99N3O6/c1-3-5-7-9-11-13-15-17-19-21-23-25-27-29-56-85-64-48-44-62(45-49-64)78(83)87-66-52-40-60(41-53-66)72-58-80-76(70-36-31-34-68(70)72)74-38-33-39-75(82-74)77-71-37-32-35-69(71)73(59-81-77)61-42-54-67(55-43-61)88-79(84)63-46-50-65(51-47-63)86-57-30-28-26-24-22-20-18-16-14-12-10-8-6-4-2/h33,38-55,58-59H,3-32,34-37,56-57H2,1-2H3. The number of hydrogen-bond acceptors (Lipinski definition) is 9. The number of carbonyl (C=O) groups is 2. The molecule has 2 aliphatic carbocycles. The van der Waals surface area contributed by atoms with Gasteiger partial charge in [-0.05, 0) is 170 Å². The molecule has 0 spiro atoms. The summed E-state index contributed by atoms with van der Waals surface area (Å²) < 4.78 is 23.7. The molecule has 9 rings (SSSR count). The molecule has 0 fully saturated rings. The number of pyridine rings is 3. The van der Waals surface area contributed by atoms with Crippen molar-refractivity contribution in [3.63, 3.8) is 0 Å². The third-order valence-electron chi connectivity index (χ3n) is 18.0. The van der Waals surface area contributed by atoms with Crippen molar-refractivity contribution >= 4 is 11.9 Å². The Hall–Kier alpha value is -7.13. The average molecular weight is 1190 g/mol. The zero-order chi connectivity index (χ0) is 60.8. The Bertz CT molecular complexity index is 3000. The monoisotopic (exact) mass is 1190 g/mol. The summed E-state index contributed by atoms with van der Waals surface area (Å²) in [5.41, 5.74) is 13.8. The lowest BCUT2D eigenvalue weighted by molar-refractivity contribution is 0.0725. The minimum Gasteiger partial charge on any atom is -0.494 e. The van der Waals surface area contributed by atoms with Gasteiger partial charge in [0.2, 0.25) is 0 Å². The van der Waals surface area contributed by atoms with E-state index in [0.717, 1.165) is 108 Å². The van der Waals surface area contributed by atoms with Crippen LogP contribution in [0, 0.1) is 0 Å². The van der Waals surface area contributed by atoms with Crippen LogP contribution in [0.3, 0.4) is 0 Å². The van der Waals surface area contributed by atoms with E-state index in [2.05, 4.69) is 32.0 Å². The summed E-state index contributed by atoms with van der Waals surface area (Å²) >= 11 is 0. The highest BCUT2D eigenvalue weighted by atomic mass is 16.5. The first-order valence-corrected chi connectivity index (χ1v) is 34.6. The highest BCUT2D eigenvalue weighted by Gasteiger charge is 2.26. The van der Waals surface area contributed by atoms with E-state index >= 15 is 0 Å². The fourth-order valence-corrected chi connectivity index (χ4v) is 12.9. The van der Waals surface area contributed by atoms with Crippen molar-refractivity contribution in [2.45, 2.75) is 232 Å². The van der Waals surface area contributed by atoms with Crippen molar-refractivity contribution < 1.29 is 28.5 Å². The zero-order valence-electron chi connectivity index (χ0n) is 53.4. The fraction of sp³-hybridized carbons (Fsp3) is 0.481. The molecule has 3 aromatic heterocycles. The molecule has 0 saturated carbocycles. The first kappa shape index (κ1) is 65.3. The second kappa shape index (κ2) is 36.4. The van der Waals surface area contributed by atoms with Gasteiger partial charge in [-0.3, -0.25) is 9.97 Å². The van der Waals surface area contributed by atoms with Crippen LogP contribution < -0.4 is 18.9 Å². The number of aromatic nitrogens is 3. The van der Waals surface area contributed by atoms with E-state index in [4.69, 9.17) is 33.9 Å². The molecule has 9 heteroatoms. The van der Waals surface area contributed by atoms with E-state index in [1.54, 1.807) is 24.3 Å². The molecule has 4 aromatic carbocycles. The van der Waals surface area contributed by atoms with Gasteiger partial charge in [0, 0.05) is 23.5 Å². The second-order valence-electron chi connectivity index (χ2n) is 24.8. The van der Waals surface area contributed by atoms with Gasteiger partial charge < -0.3 is 18.9 Å². The normalized spacial score (nSPS) is 12.5.